The van der Waals surface area contributed by atoms with Gasteiger partial charge in [0.15, 0.2) is 6.61 Å². The van der Waals surface area contributed by atoms with Crippen molar-refractivity contribution in [2.24, 2.45) is 0 Å². The third kappa shape index (κ3) is 5.84. The van der Waals surface area contributed by atoms with E-state index in [-0.39, 0.29) is 24.9 Å². The summed E-state index contributed by atoms with van der Waals surface area (Å²) < 4.78 is 24.0. The van der Waals surface area contributed by atoms with Crippen LogP contribution in [0.4, 0.5) is 4.39 Å². The predicted octanol–water partition coefficient (Wildman–Crippen LogP) is 3.68. The van der Waals surface area contributed by atoms with Gasteiger partial charge in [0.05, 0.1) is 0 Å². The van der Waals surface area contributed by atoms with Gasteiger partial charge >= 0.3 is 0 Å². The second-order valence-corrected chi connectivity index (χ2v) is 7.38. The third-order valence-corrected chi connectivity index (χ3v) is 4.98. The fourth-order valence-corrected chi connectivity index (χ4v) is 3.29. The molecule has 2 aromatic carbocycles. The Hall–Kier alpha value is -2.31. The van der Waals surface area contributed by atoms with Gasteiger partial charge in [-0.05, 0) is 61.7 Å². The number of aliphatic hydroxyl groups is 1. The molecule has 1 amide bonds. The lowest BCUT2D eigenvalue weighted by atomic mass is 9.96. The van der Waals surface area contributed by atoms with E-state index in [2.05, 4.69) is 0 Å². The van der Waals surface area contributed by atoms with Crippen LogP contribution in [-0.2, 0) is 4.79 Å². The zero-order valence-corrected chi connectivity index (χ0v) is 16.2. The highest BCUT2D eigenvalue weighted by molar-refractivity contribution is 6.30. The Labute approximate surface area is 168 Å². The molecule has 1 fully saturated rings. The standard InChI is InChI=1S/C21H23ClFNO4/c22-16-3-1-4-19(13-16)28-15-21(26)9-2-11-24(12-10-21)20(25)14-27-18-7-5-17(23)6-8-18/h1,3-8,13,26H,2,9-12,14-15H2. The van der Waals surface area contributed by atoms with Crippen LogP contribution in [0.25, 0.3) is 0 Å². The van der Waals surface area contributed by atoms with Crippen molar-refractivity contribution >= 4 is 17.5 Å². The number of hydrogen-bond acceptors (Lipinski definition) is 4. The van der Waals surface area contributed by atoms with Gasteiger partial charge in [-0.1, -0.05) is 17.7 Å². The number of nitrogens with zero attached hydrogens (tertiary/aromatic N) is 1. The number of hydrogen-bond donors (Lipinski definition) is 1. The van der Waals surface area contributed by atoms with Gasteiger partial charge in [-0.2, -0.15) is 0 Å². The van der Waals surface area contributed by atoms with Crippen LogP contribution in [0.2, 0.25) is 5.02 Å². The molecule has 0 aromatic heterocycles. The van der Waals surface area contributed by atoms with Gasteiger partial charge in [0.1, 0.15) is 29.5 Å². The van der Waals surface area contributed by atoms with Gasteiger partial charge in [0.2, 0.25) is 0 Å². The number of halogens is 2. The van der Waals surface area contributed by atoms with Crippen LogP contribution >= 0.6 is 11.6 Å². The number of rotatable bonds is 6. The van der Waals surface area contributed by atoms with Crippen molar-refractivity contribution in [2.45, 2.75) is 24.9 Å². The van der Waals surface area contributed by atoms with E-state index in [0.29, 0.717) is 48.9 Å². The van der Waals surface area contributed by atoms with Gasteiger partial charge in [-0.25, -0.2) is 4.39 Å². The van der Waals surface area contributed by atoms with Crippen LogP contribution in [0.5, 0.6) is 11.5 Å². The first-order valence-corrected chi connectivity index (χ1v) is 9.58. The Morgan fingerprint density at radius 1 is 1.11 bits per heavy atom. The summed E-state index contributed by atoms with van der Waals surface area (Å²) >= 11 is 5.95. The van der Waals surface area contributed by atoms with E-state index in [4.69, 9.17) is 21.1 Å². The maximum Gasteiger partial charge on any atom is 0.260 e. The van der Waals surface area contributed by atoms with Gasteiger partial charge in [0.25, 0.3) is 5.91 Å². The van der Waals surface area contributed by atoms with E-state index in [1.54, 1.807) is 29.2 Å². The molecule has 5 nitrogen and oxygen atoms in total. The second kappa shape index (κ2) is 9.26. The molecule has 2 aromatic rings. The molecule has 0 aliphatic carbocycles. The molecule has 0 radical (unpaired) electrons. The predicted molar refractivity (Wildman–Crippen MR) is 104 cm³/mol. The molecule has 1 N–H and O–H groups in total. The van der Waals surface area contributed by atoms with Crippen molar-refractivity contribution in [1.82, 2.24) is 4.90 Å². The number of carbonyl (C=O) groups is 1. The highest BCUT2D eigenvalue weighted by Gasteiger charge is 2.32. The molecule has 1 atom stereocenters. The summed E-state index contributed by atoms with van der Waals surface area (Å²) in [5.74, 6) is 0.525. The SMILES string of the molecule is O=C(COc1ccc(F)cc1)N1CCCC(O)(COc2cccc(Cl)c2)CC1. The number of amides is 1. The fourth-order valence-electron chi connectivity index (χ4n) is 3.11. The lowest BCUT2D eigenvalue weighted by Gasteiger charge is -2.27. The van der Waals surface area contributed by atoms with Crippen LogP contribution in [-0.4, -0.2) is 47.8 Å². The van der Waals surface area contributed by atoms with Crippen molar-refractivity contribution in [3.05, 3.63) is 59.4 Å². The summed E-state index contributed by atoms with van der Waals surface area (Å²) in [7, 11) is 0. The number of ether oxygens (including phenoxy) is 2. The van der Waals surface area contributed by atoms with E-state index in [1.165, 1.54) is 24.3 Å². The minimum atomic E-state index is -1.00. The van der Waals surface area contributed by atoms with E-state index < -0.39 is 5.60 Å². The first kappa shape index (κ1) is 20.4. The average molecular weight is 408 g/mol. The van der Waals surface area contributed by atoms with Crippen molar-refractivity contribution in [1.29, 1.82) is 0 Å². The summed E-state index contributed by atoms with van der Waals surface area (Å²) in [4.78, 5) is 14.1. The molecule has 7 heteroatoms. The smallest absolute Gasteiger partial charge is 0.260 e. The summed E-state index contributed by atoms with van der Waals surface area (Å²) in [5, 5.41) is 11.4. The van der Waals surface area contributed by atoms with Crippen molar-refractivity contribution in [3.63, 3.8) is 0 Å². The van der Waals surface area contributed by atoms with Crippen molar-refractivity contribution in [2.75, 3.05) is 26.3 Å². The highest BCUT2D eigenvalue weighted by atomic mass is 35.5. The van der Waals surface area contributed by atoms with Crippen LogP contribution < -0.4 is 9.47 Å². The van der Waals surface area contributed by atoms with Gasteiger partial charge in [-0.15, -0.1) is 0 Å². The lowest BCUT2D eigenvalue weighted by molar-refractivity contribution is -0.133. The minimum absolute atomic E-state index is 0.122. The Morgan fingerprint density at radius 3 is 2.64 bits per heavy atom. The van der Waals surface area contributed by atoms with Crippen LogP contribution in [0.1, 0.15) is 19.3 Å². The van der Waals surface area contributed by atoms with Crippen LogP contribution in [0.3, 0.4) is 0 Å². The normalized spacial score (nSPS) is 19.8. The van der Waals surface area contributed by atoms with Gasteiger partial charge in [0, 0.05) is 18.1 Å². The molecule has 150 valence electrons. The molecular weight excluding hydrogens is 385 g/mol. The first-order chi connectivity index (χ1) is 13.4. The quantitative estimate of drug-likeness (QED) is 0.793. The summed E-state index contributed by atoms with van der Waals surface area (Å²) in [6.45, 7) is 0.983. The molecule has 3 rings (SSSR count). The molecule has 0 spiro atoms. The van der Waals surface area contributed by atoms with E-state index >= 15 is 0 Å². The monoisotopic (exact) mass is 407 g/mol. The van der Waals surface area contributed by atoms with E-state index in [0.717, 1.165) is 0 Å². The molecular formula is C21H23ClFNO4. The van der Waals surface area contributed by atoms with Gasteiger partial charge < -0.3 is 19.5 Å². The number of carbonyl (C=O) groups excluding carboxylic acids is 1. The molecule has 0 saturated carbocycles. The highest BCUT2D eigenvalue weighted by Crippen LogP contribution is 2.25. The van der Waals surface area contributed by atoms with Crippen molar-refractivity contribution < 1.29 is 23.8 Å². The van der Waals surface area contributed by atoms with E-state index in [1.807, 2.05) is 0 Å². The maximum atomic E-state index is 12.9. The second-order valence-electron chi connectivity index (χ2n) is 6.95. The summed E-state index contributed by atoms with van der Waals surface area (Å²) in [5.41, 5.74) is -1.00. The Balaban J connectivity index is 1.49. The van der Waals surface area contributed by atoms with Crippen LogP contribution in [0, 0.1) is 5.82 Å². The maximum absolute atomic E-state index is 12.9. The van der Waals surface area contributed by atoms with Crippen LogP contribution in [0.15, 0.2) is 48.5 Å². The average Bonchev–Trinajstić information content (AvgIpc) is 2.88. The lowest BCUT2D eigenvalue weighted by Crippen LogP contribution is -2.39. The fraction of sp³-hybridized carbons (Fsp3) is 0.381. The molecule has 1 aliphatic heterocycles. The third-order valence-electron chi connectivity index (χ3n) is 4.75. The van der Waals surface area contributed by atoms with Gasteiger partial charge in [-0.3, -0.25) is 4.79 Å². The van der Waals surface area contributed by atoms with Crippen molar-refractivity contribution in [3.8, 4) is 11.5 Å². The number of likely N-dealkylation sites (tertiary alicyclic amines) is 1. The zero-order valence-electron chi connectivity index (χ0n) is 15.4. The molecule has 1 heterocycles. The topological polar surface area (TPSA) is 59.0 Å². The summed E-state index contributed by atoms with van der Waals surface area (Å²) in [6.07, 6.45) is 1.61. The number of benzene rings is 2. The Bertz CT molecular complexity index is 801. The Kier molecular flexibility index (Phi) is 6.75. The molecule has 1 saturated heterocycles. The Morgan fingerprint density at radius 2 is 1.89 bits per heavy atom. The largest absolute Gasteiger partial charge is 0.491 e. The molecule has 1 unspecified atom stereocenters. The molecule has 0 bridgehead atoms. The van der Waals surface area contributed by atoms with E-state index in [9.17, 15) is 14.3 Å². The zero-order chi connectivity index (χ0) is 20.0. The molecule has 1 aliphatic rings. The first-order valence-electron chi connectivity index (χ1n) is 9.20. The molecule has 28 heavy (non-hydrogen) atoms. The summed E-state index contributed by atoms with van der Waals surface area (Å²) in [6, 6.07) is 12.6. The minimum Gasteiger partial charge on any atom is -0.491 e.